The van der Waals surface area contributed by atoms with E-state index >= 15 is 0 Å². The van der Waals surface area contributed by atoms with E-state index in [-0.39, 0.29) is 33.8 Å². The van der Waals surface area contributed by atoms with E-state index in [4.69, 9.17) is 11.2 Å². The average molecular weight is 685 g/mol. The van der Waals surface area contributed by atoms with Gasteiger partial charge in [-0.2, -0.15) is 0 Å². The summed E-state index contributed by atoms with van der Waals surface area (Å²) in [5.74, 6) is 7.48. The number of aliphatic hydroxyl groups is 1. The average Bonchev–Trinajstić information content (AvgIpc) is 3.52. The molecule has 0 amide bonds. The van der Waals surface area contributed by atoms with Crippen LogP contribution in [0.4, 0.5) is 0 Å². The summed E-state index contributed by atoms with van der Waals surface area (Å²) in [7, 11) is 0. The smallest absolute Gasteiger partial charge is 0.303 e. The first kappa shape index (κ1) is 35.9. The highest BCUT2D eigenvalue weighted by Gasteiger charge is 2.68. The maximum Gasteiger partial charge on any atom is 0.303 e. The molecule has 0 spiro atoms. The van der Waals surface area contributed by atoms with Crippen LogP contribution in [0.5, 0.6) is 0 Å². The maximum atomic E-state index is 12.8. The first-order valence-electron chi connectivity index (χ1n) is 19.9. The van der Waals surface area contributed by atoms with Crippen LogP contribution in [0, 0.1) is 75.9 Å². The molecule has 0 aromatic rings. The number of carbonyl (C=O) groups excluding carboxylic acids is 4. The molecule has 0 saturated heterocycles. The summed E-state index contributed by atoms with van der Waals surface area (Å²) in [6, 6.07) is 0. The van der Waals surface area contributed by atoms with Gasteiger partial charge in [-0.1, -0.05) is 44.8 Å². The molecule has 6 nitrogen and oxygen atoms in total. The summed E-state index contributed by atoms with van der Waals surface area (Å²) in [5, 5.41) is 10.9. The third-order valence-electron chi connectivity index (χ3n) is 17.0. The van der Waals surface area contributed by atoms with E-state index in [9.17, 15) is 24.3 Å². The minimum atomic E-state index is -0.961. The summed E-state index contributed by atoms with van der Waals surface area (Å²) in [4.78, 5) is 48.5. The molecule has 0 heterocycles. The fraction of sp³-hybridized carbons (Fsp3) is 0.773. The van der Waals surface area contributed by atoms with Crippen LogP contribution in [0.1, 0.15) is 138 Å². The van der Waals surface area contributed by atoms with Crippen molar-refractivity contribution in [3.8, 4) is 12.3 Å². The lowest BCUT2D eigenvalue weighted by molar-refractivity contribution is -0.187. The van der Waals surface area contributed by atoms with Gasteiger partial charge in [0.1, 0.15) is 5.60 Å². The lowest BCUT2D eigenvalue weighted by Crippen LogP contribution is -2.59. The number of esters is 1. The Balaban J connectivity index is 0.000000161. The lowest BCUT2D eigenvalue weighted by Gasteiger charge is -2.60. The summed E-state index contributed by atoms with van der Waals surface area (Å²) >= 11 is 0. The zero-order chi connectivity index (χ0) is 36.0. The highest BCUT2D eigenvalue weighted by Crippen LogP contribution is 2.69. The van der Waals surface area contributed by atoms with Gasteiger partial charge in [0.05, 0.1) is 0 Å². The molecule has 0 radical (unpaired) electrons. The molecule has 6 heteroatoms. The van der Waals surface area contributed by atoms with Gasteiger partial charge in [-0.15, -0.1) is 6.42 Å². The topological polar surface area (TPSA) is 97.7 Å². The van der Waals surface area contributed by atoms with Crippen LogP contribution in [0.15, 0.2) is 23.3 Å². The minimum Gasteiger partial charge on any atom is -0.451 e. The predicted molar refractivity (Wildman–Crippen MR) is 192 cm³/mol. The van der Waals surface area contributed by atoms with Crippen molar-refractivity contribution in [2.45, 2.75) is 149 Å². The van der Waals surface area contributed by atoms with Gasteiger partial charge in [0.2, 0.25) is 0 Å². The largest absolute Gasteiger partial charge is 0.451 e. The number of allylic oxidation sites excluding steroid dienone is 2. The lowest BCUT2D eigenvalue weighted by atomic mass is 9.44. The van der Waals surface area contributed by atoms with E-state index in [1.165, 1.54) is 24.5 Å². The van der Waals surface area contributed by atoms with Gasteiger partial charge in [0.15, 0.2) is 23.0 Å². The molecule has 50 heavy (non-hydrogen) atoms. The van der Waals surface area contributed by atoms with Crippen molar-refractivity contribution in [2.24, 2.45) is 63.6 Å². The number of hydrogen-bond donors (Lipinski definition) is 1. The van der Waals surface area contributed by atoms with Crippen LogP contribution in [0.3, 0.4) is 0 Å². The Hall–Kier alpha value is -2.52. The molecule has 0 aromatic carbocycles. The number of carbonyl (C=O) groups is 4. The number of terminal acetylenes is 1. The molecule has 0 bridgehead atoms. The Kier molecular flexibility index (Phi) is 8.81. The van der Waals surface area contributed by atoms with Gasteiger partial charge < -0.3 is 9.84 Å². The van der Waals surface area contributed by atoms with Crippen LogP contribution < -0.4 is 0 Å². The molecule has 0 unspecified atom stereocenters. The van der Waals surface area contributed by atoms with Crippen molar-refractivity contribution < 1.29 is 29.0 Å². The Morgan fingerprint density at radius 1 is 0.780 bits per heavy atom. The third-order valence-corrected chi connectivity index (χ3v) is 17.0. The minimum absolute atomic E-state index is 0.00469. The first-order valence-corrected chi connectivity index (χ1v) is 19.9. The molecular formula is C44H60O6. The second kappa shape index (κ2) is 12.3. The van der Waals surface area contributed by atoms with E-state index < -0.39 is 11.2 Å². The molecule has 8 aliphatic carbocycles. The second-order valence-corrected chi connectivity index (χ2v) is 18.8. The molecule has 1 N–H and O–H groups in total. The van der Waals surface area contributed by atoms with Gasteiger partial charge in [-0.05, 0) is 155 Å². The highest BCUT2D eigenvalue weighted by molar-refractivity contribution is 5.92. The maximum absolute atomic E-state index is 12.8. The number of ether oxygens (including phenoxy) is 1. The van der Waals surface area contributed by atoms with E-state index in [0.29, 0.717) is 66.0 Å². The second-order valence-electron chi connectivity index (χ2n) is 18.8. The first-order chi connectivity index (χ1) is 23.5. The Morgan fingerprint density at radius 2 is 1.44 bits per heavy atom. The Bertz CT molecular complexity index is 1580. The van der Waals surface area contributed by atoms with E-state index in [0.717, 1.165) is 77.0 Å². The molecule has 8 rings (SSSR count). The molecular weight excluding hydrogens is 624 g/mol. The zero-order valence-corrected chi connectivity index (χ0v) is 31.4. The van der Waals surface area contributed by atoms with Crippen LogP contribution in [0.2, 0.25) is 0 Å². The van der Waals surface area contributed by atoms with Gasteiger partial charge in [-0.3, -0.25) is 19.2 Å². The third kappa shape index (κ3) is 5.05. The van der Waals surface area contributed by atoms with Crippen LogP contribution in [-0.2, 0) is 23.9 Å². The zero-order valence-electron chi connectivity index (χ0n) is 31.4. The van der Waals surface area contributed by atoms with E-state index in [1.54, 1.807) is 6.92 Å². The van der Waals surface area contributed by atoms with Crippen LogP contribution in [0.25, 0.3) is 0 Å². The number of ketones is 3. The normalized spacial score (nSPS) is 48.8. The van der Waals surface area contributed by atoms with Gasteiger partial charge >= 0.3 is 5.97 Å². The van der Waals surface area contributed by atoms with E-state index in [2.05, 4.69) is 33.6 Å². The molecule has 272 valence electrons. The molecule has 13 atom stereocenters. The molecule has 0 aromatic heterocycles. The predicted octanol–water partition coefficient (Wildman–Crippen LogP) is 8.15. The monoisotopic (exact) mass is 684 g/mol. The van der Waals surface area contributed by atoms with Crippen molar-refractivity contribution in [2.75, 3.05) is 0 Å². The molecule has 6 fully saturated rings. The standard InChI is InChI=1S/C24H34O4.C20H26O2/c1-14-12-18-19(22(4)9-6-17(27)13-21(14)22)7-10-23(5)20(18)8-11-24(23,15(2)25)28-16(3)26;1-3-20(22)11-9-18-17-6-4-13-12-14(21)5-7-15(13)16(17)8-10-19(18,20)2/h13-14,18-20H,6-12H2,1-5H3;1,12,15-18,22H,4-11H2,2H3/t14-,18+,19-,20-,22+,23-,24-;15-,16+,17+,18-,19-,20-/m00/s1. The number of fused-ring (bicyclic) bond motifs is 10. The van der Waals surface area contributed by atoms with Crippen molar-refractivity contribution in [1.29, 1.82) is 0 Å². The Morgan fingerprint density at radius 3 is 2.14 bits per heavy atom. The fourth-order valence-corrected chi connectivity index (χ4v) is 14.5. The Labute approximate surface area is 300 Å². The summed E-state index contributed by atoms with van der Waals surface area (Å²) in [5.41, 5.74) is 0.636. The summed E-state index contributed by atoms with van der Waals surface area (Å²) < 4.78 is 5.84. The van der Waals surface area contributed by atoms with Crippen molar-refractivity contribution in [1.82, 2.24) is 0 Å². The number of hydrogen-bond acceptors (Lipinski definition) is 6. The number of Topliss-reactive ketones (excluding diaryl/α,β-unsaturated/α-hetero) is 1. The van der Waals surface area contributed by atoms with Crippen molar-refractivity contribution in [3.63, 3.8) is 0 Å². The SMILES string of the molecule is C#C[C@]1(O)CC[C@H]2[C@@H]3CCC4=CC(=O)CC[C@@H]4[C@H]3CC[C@@]21C.CC(=O)O[C@]1(C(C)=O)CC[C@H]2[C@@H]3C[C@H](C)C4=CC(=O)CC[C@]4(C)[C@H]3CC[C@@]21C. The van der Waals surface area contributed by atoms with Crippen molar-refractivity contribution in [3.05, 3.63) is 23.3 Å². The van der Waals surface area contributed by atoms with Crippen LogP contribution in [-0.4, -0.2) is 39.6 Å². The molecule has 8 aliphatic rings. The molecule has 0 aliphatic heterocycles. The van der Waals surface area contributed by atoms with Crippen LogP contribution >= 0.6 is 0 Å². The fourth-order valence-electron chi connectivity index (χ4n) is 14.5. The van der Waals surface area contributed by atoms with Gasteiger partial charge in [0.25, 0.3) is 0 Å². The molecule has 6 saturated carbocycles. The van der Waals surface area contributed by atoms with Crippen molar-refractivity contribution >= 4 is 23.3 Å². The van der Waals surface area contributed by atoms with Gasteiger partial charge in [-0.25, -0.2) is 0 Å². The highest BCUT2D eigenvalue weighted by atomic mass is 16.6. The van der Waals surface area contributed by atoms with Gasteiger partial charge in [0, 0.05) is 30.6 Å². The summed E-state index contributed by atoms with van der Waals surface area (Å²) in [6.45, 7) is 12.1. The summed E-state index contributed by atoms with van der Waals surface area (Å²) in [6.07, 6.45) is 23.9. The quantitative estimate of drug-likeness (QED) is 0.233. The van der Waals surface area contributed by atoms with E-state index in [1.807, 2.05) is 12.2 Å². The number of rotatable bonds is 2.